The van der Waals surface area contributed by atoms with Gasteiger partial charge in [0, 0.05) is 54.8 Å². The maximum atomic E-state index is 14.4. The van der Waals surface area contributed by atoms with Gasteiger partial charge in [-0.1, -0.05) is 0 Å². The minimum absolute atomic E-state index is 0.0371. The Bertz CT molecular complexity index is 1470. The summed E-state index contributed by atoms with van der Waals surface area (Å²) in [6, 6.07) is 4.11. The first-order chi connectivity index (χ1) is 19.9. The number of hydrogen-bond donors (Lipinski definition) is 3. The lowest BCUT2D eigenvalue weighted by molar-refractivity contribution is -0.127. The van der Waals surface area contributed by atoms with Crippen LogP contribution in [-0.2, 0) is 11.3 Å². The molecule has 0 radical (unpaired) electrons. The summed E-state index contributed by atoms with van der Waals surface area (Å²) < 4.78 is 19.5. The molecule has 12 nitrogen and oxygen atoms in total. The molecule has 214 valence electrons. The molecule has 4 fully saturated rings. The Morgan fingerprint density at radius 1 is 1.17 bits per heavy atom. The second kappa shape index (κ2) is 10.1. The lowest BCUT2D eigenvalue weighted by atomic mass is 9.88. The summed E-state index contributed by atoms with van der Waals surface area (Å²) >= 11 is 0. The molecule has 3 aromatic rings. The molecule has 0 aromatic carbocycles. The number of carbonyl (C=O) groups is 2. The number of aromatic amines is 1. The van der Waals surface area contributed by atoms with Crippen LogP contribution in [0.2, 0.25) is 0 Å². The van der Waals surface area contributed by atoms with Gasteiger partial charge in [0.1, 0.15) is 11.5 Å². The number of methoxy groups -OCH3 is 1. The highest BCUT2D eigenvalue weighted by Crippen LogP contribution is 2.50. The monoisotopic (exact) mass is 561 g/mol. The van der Waals surface area contributed by atoms with E-state index in [1.165, 1.54) is 13.2 Å². The van der Waals surface area contributed by atoms with E-state index in [9.17, 15) is 14.0 Å². The maximum Gasteiger partial charge on any atom is 0.272 e. The van der Waals surface area contributed by atoms with Gasteiger partial charge >= 0.3 is 0 Å². The molecule has 7 rings (SSSR count). The highest BCUT2D eigenvalue weighted by molar-refractivity contribution is 5.94. The van der Waals surface area contributed by atoms with Crippen molar-refractivity contribution in [3.63, 3.8) is 0 Å². The smallest absolute Gasteiger partial charge is 0.272 e. The zero-order valence-electron chi connectivity index (χ0n) is 22.8. The molecule has 2 saturated heterocycles. The summed E-state index contributed by atoms with van der Waals surface area (Å²) in [5.41, 5.74) is 1.46. The van der Waals surface area contributed by atoms with Crippen molar-refractivity contribution in [3.8, 4) is 17.1 Å². The van der Waals surface area contributed by atoms with Crippen molar-refractivity contribution >= 4 is 17.5 Å². The molecular formula is C28H32FN9O3. The quantitative estimate of drug-likeness (QED) is 0.393. The van der Waals surface area contributed by atoms with Gasteiger partial charge in [0.15, 0.2) is 5.82 Å². The summed E-state index contributed by atoms with van der Waals surface area (Å²) in [5, 5.41) is 13.4. The van der Waals surface area contributed by atoms with Crippen LogP contribution in [0, 0.1) is 11.7 Å². The van der Waals surface area contributed by atoms with Gasteiger partial charge in [-0.25, -0.2) is 19.3 Å². The molecule has 2 aliphatic carbocycles. The van der Waals surface area contributed by atoms with E-state index in [0.717, 1.165) is 44.2 Å². The van der Waals surface area contributed by atoms with Gasteiger partial charge in [-0.05, 0) is 38.2 Å². The first kappa shape index (κ1) is 25.8. The van der Waals surface area contributed by atoms with Crippen LogP contribution >= 0.6 is 0 Å². The number of piperazine rings is 1. The van der Waals surface area contributed by atoms with Crippen LogP contribution in [0.15, 0.2) is 30.7 Å². The molecule has 2 saturated carbocycles. The first-order valence-corrected chi connectivity index (χ1v) is 14.1. The largest absolute Gasteiger partial charge is 0.481 e. The number of aromatic nitrogens is 5. The third kappa shape index (κ3) is 4.88. The van der Waals surface area contributed by atoms with Gasteiger partial charge in [-0.3, -0.25) is 14.7 Å². The average molecular weight is 562 g/mol. The van der Waals surface area contributed by atoms with E-state index in [1.54, 1.807) is 6.07 Å². The number of likely N-dealkylation sites (tertiary alicyclic amines) is 1. The number of nitrogens with zero attached hydrogens (tertiary/aromatic N) is 6. The van der Waals surface area contributed by atoms with Crippen molar-refractivity contribution in [2.75, 3.05) is 31.6 Å². The van der Waals surface area contributed by atoms with E-state index >= 15 is 0 Å². The Kier molecular flexibility index (Phi) is 6.33. The molecule has 5 heterocycles. The van der Waals surface area contributed by atoms with Crippen molar-refractivity contribution in [1.29, 1.82) is 0 Å². The second-order valence-electron chi connectivity index (χ2n) is 11.4. The number of fused-ring (bicyclic) bond motifs is 1. The molecule has 3 aromatic heterocycles. The predicted molar refractivity (Wildman–Crippen MR) is 145 cm³/mol. The van der Waals surface area contributed by atoms with Gasteiger partial charge in [0.25, 0.3) is 5.91 Å². The molecule has 4 aliphatic rings. The minimum Gasteiger partial charge on any atom is -0.481 e. The number of amides is 2. The van der Waals surface area contributed by atoms with Crippen molar-refractivity contribution in [2.45, 2.75) is 56.3 Å². The number of rotatable bonds is 7. The number of anilines is 1. The number of pyridine rings is 1. The summed E-state index contributed by atoms with van der Waals surface area (Å²) in [7, 11) is 1.45. The second-order valence-corrected chi connectivity index (χ2v) is 11.4. The summed E-state index contributed by atoms with van der Waals surface area (Å²) in [6.45, 7) is 2.64. The topological polar surface area (TPSA) is 141 Å². The van der Waals surface area contributed by atoms with Crippen LogP contribution in [0.3, 0.4) is 0 Å². The zero-order chi connectivity index (χ0) is 28.1. The first-order valence-electron chi connectivity index (χ1n) is 14.1. The lowest BCUT2D eigenvalue weighted by Gasteiger charge is -2.39. The number of ether oxygens (including phenoxy) is 1. The minimum atomic E-state index is -0.556. The van der Waals surface area contributed by atoms with E-state index in [4.69, 9.17) is 4.74 Å². The molecule has 0 unspecified atom stereocenters. The van der Waals surface area contributed by atoms with E-state index in [-0.39, 0.29) is 47.0 Å². The number of H-pyrrole nitrogens is 1. The van der Waals surface area contributed by atoms with Gasteiger partial charge in [0.2, 0.25) is 11.8 Å². The molecule has 41 heavy (non-hydrogen) atoms. The van der Waals surface area contributed by atoms with E-state index in [1.807, 2.05) is 17.3 Å². The number of piperidine rings is 1. The van der Waals surface area contributed by atoms with Crippen molar-refractivity contribution in [3.05, 3.63) is 48.1 Å². The SMILES string of the molecule is COc1cc(-c2cc(C(=O)N3CC[C@H](C(=O)NCc4ncc(N5CCN[C@@H]6C[C@@H]65)cn4)CC34CC4)[nH]n2)c(F)cn1. The fourth-order valence-corrected chi connectivity index (χ4v) is 6.29. The normalized spacial score (nSPS) is 24.1. The fraction of sp³-hybridized carbons (Fsp3) is 0.500. The Balaban J connectivity index is 0.955. The Labute approximate surface area is 236 Å². The summed E-state index contributed by atoms with van der Waals surface area (Å²) in [5.74, 6) is -0.147. The van der Waals surface area contributed by atoms with Crippen LogP contribution in [-0.4, -0.2) is 86.2 Å². The van der Waals surface area contributed by atoms with Crippen LogP contribution in [0.1, 0.15) is 48.4 Å². The predicted octanol–water partition coefficient (Wildman–Crippen LogP) is 1.66. The van der Waals surface area contributed by atoms with Crippen LogP contribution < -0.4 is 20.3 Å². The van der Waals surface area contributed by atoms with Crippen LogP contribution in [0.5, 0.6) is 5.88 Å². The standard InChI is InChI=1S/C28H32FN9O3/c1-41-25-8-18(19(29)14-33-25)20-9-22(36-35-20)27(40)38-6-2-16(11-28(38)3-4-28)26(39)34-15-24-31-12-17(13-32-24)37-7-5-30-21-10-23(21)37/h8-9,12-14,16,21,23,30H,2-7,10-11,15H2,1H3,(H,34,39)(H,35,36)/t16-,21+,23-/m0/s1. The fourth-order valence-electron chi connectivity index (χ4n) is 6.29. The number of hydrogen-bond acceptors (Lipinski definition) is 9. The molecule has 1 spiro atoms. The molecule has 3 atom stereocenters. The number of halogens is 1. The maximum absolute atomic E-state index is 14.4. The lowest BCUT2D eigenvalue weighted by Crippen LogP contribution is -2.50. The van der Waals surface area contributed by atoms with E-state index in [2.05, 4.69) is 40.7 Å². The van der Waals surface area contributed by atoms with Crippen LogP contribution in [0.25, 0.3) is 11.3 Å². The van der Waals surface area contributed by atoms with Gasteiger partial charge < -0.3 is 25.2 Å². The Morgan fingerprint density at radius 2 is 2.00 bits per heavy atom. The molecular weight excluding hydrogens is 529 g/mol. The Morgan fingerprint density at radius 3 is 2.78 bits per heavy atom. The van der Waals surface area contributed by atoms with E-state index in [0.29, 0.717) is 43.0 Å². The number of nitrogens with one attached hydrogen (secondary N) is 3. The number of carbonyl (C=O) groups excluding carboxylic acids is 2. The third-order valence-corrected chi connectivity index (χ3v) is 8.83. The summed E-state index contributed by atoms with van der Waals surface area (Å²) in [4.78, 5) is 43.6. The molecule has 13 heteroatoms. The van der Waals surface area contributed by atoms with Gasteiger partial charge in [-0.2, -0.15) is 5.10 Å². The molecule has 2 aliphatic heterocycles. The zero-order valence-corrected chi connectivity index (χ0v) is 22.8. The Hall–Kier alpha value is -4.13. The van der Waals surface area contributed by atoms with Gasteiger partial charge in [0.05, 0.1) is 43.6 Å². The van der Waals surface area contributed by atoms with Crippen molar-refractivity contribution < 1.29 is 18.7 Å². The van der Waals surface area contributed by atoms with Crippen molar-refractivity contribution in [1.82, 2.24) is 40.7 Å². The third-order valence-electron chi connectivity index (χ3n) is 8.83. The molecule has 2 amide bonds. The van der Waals surface area contributed by atoms with Crippen LogP contribution in [0.4, 0.5) is 10.1 Å². The molecule has 0 bridgehead atoms. The summed E-state index contributed by atoms with van der Waals surface area (Å²) in [6.07, 6.45) is 8.77. The van der Waals surface area contributed by atoms with E-state index < -0.39 is 5.82 Å². The average Bonchev–Trinajstić information content (AvgIpc) is 3.91. The highest BCUT2D eigenvalue weighted by Gasteiger charge is 2.54. The molecule has 3 N–H and O–H groups in total. The van der Waals surface area contributed by atoms with Gasteiger partial charge in [-0.15, -0.1) is 0 Å². The van der Waals surface area contributed by atoms with Crippen molar-refractivity contribution in [2.24, 2.45) is 5.92 Å². The highest BCUT2D eigenvalue weighted by atomic mass is 19.1.